The second-order valence-electron chi connectivity index (χ2n) is 11.8. The molecular formula is C39H30O4S. The molecule has 216 valence electrons. The van der Waals surface area contributed by atoms with Crippen LogP contribution in [0.15, 0.2) is 131 Å². The van der Waals surface area contributed by atoms with Crippen LogP contribution in [0.4, 0.5) is 0 Å². The highest BCUT2D eigenvalue weighted by Gasteiger charge is 2.44. The summed E-state index contributed by atoms with van der Waals surface area (Å²) < 4.78 is 22.7. The Bertz CT molecular complexity index is 1900. The molecule has 4 nitrogen and oxygen atoms in total. The van der Waals surface area contributed by atoms with Gasteiger partial charge in [0, 0.05) is 9.79 Å². The van der Waals surface area contributed by atoms with E-state index in [1.165, 1.54) is 42.8 Å². The molecule has 6 aromatic carbocycles. The molecule has 2 saturated heterocycles. The van der Waals surface area contributed by atoms with E-state index in [0.29, 0.717) is 13.2 Å². The smallest absolute Gasteiger partial charge is 0.120 e. The monoisotopic (exact) mass is 594 g/mol. The molecule has 0 spiro atoms. The van der Waals surface area contributed by atoms with Crippen molar-refractivity contribution in [2.24, 2.45) is 0 Å². The average Bonchev–Trinajstić information content (AvgIpc) is 4.01. The number of hydrogen-bond acceptors (Lipinski definition) is 5. The van der Waals surface area contributed by atoms with Crippen molar-refractivity contribution >= 4 is 33.3 Å². The fraction of sp³-hybridized carbons (Fsp3) is 0.179. The summed E-state index contributed by atoms with van der Waals surface area (Å²) in [4.78, 5) is 2.56. The van der Waals surface area contributed by atoms with Crippen molar-refractivity contribution in [2.45, 2.75) is 27.4 Å². The Morgan fingerprint density at radius 2 is 0.977 bits per heavy atom. The lowest BCUT2D eigenvalue weighted by Crippen LogP contribution is -2.34. The van der Waals surface area contributed by atoms with Gasteiger partial charge in [-0.2, -0.15) is 0 Å². The van der Waals surface area contributed by atoms with Crippen LogP contribution in [0.3, 0.4) is 0 Å². The van der Waals surface area contributed by atoms with Crippen LogP contribution >= 0.6 is 11.8 Å². The van der Waals surface area contributed by atoms with Gasteiger partial charge >= 0.3 is 0 Å². The largest absolute Gasteiger partial charge is 0.491 e. The van der Waals surface area contributed by atoms with Crippen molar-refractivity contribution in [3.63, 3.8) is 0 Å². The molecule has 0 radical (unpaired) electrons. The van der Waals surface area contributed by atoms with Gasteiger partial charge in [-0.25, -0.2) is 0 Å². The van der Waals surface area contributed by atoms with Crippen molar-refractivity contribution in [3.05, 3.63) is 144 Å². The number of fused-ring (bicyclic) bond motifs is 4. The lowest BCUT2D eigenvalue weighted by atomic mass is 9.64. The molecule has 0 bridgehead atoms. The lowest BCUT2D eigenvalue weighted by Gasteiger charge is -2.42. The van der Waals surface area contributed by atoms with Gasteiger partial charge in [0.05, 0.1) is 18.6 Å². The molecule has 0 N–H and O–H groups in total. The van der Waals surface area contributed by atoms with E-state index >= 15 is 0 Å². The number of ether oxygens (including phenoxy) is 4. The maximum absolute atomic E-state index is 6.00. The van der Waals surface area contributed by atoms with Crippen LogP contribution in [0.25, 0.3) is 21.5 Å². The minimum Gasteiger partial charge on any atom is -0.491 e. The highest BCUT2D eigenvalue weighted by Crippen LogP contribution is 2.56. The summed E-state index contributed by atoms with van der Waals surface area (Å²) in [6, 6.07) is 44.4. The quantitative estimate of drug-likeness (QED) is 0.165. The molecule has 44 heavy (non-hydrogen) atoms. The molecular weight excluding hydrogens is 564 g/mol. The van der Waals surface area contributed by atoms with Gasteiger partial charge in [-0.3, -0.25) is 0 Å². The van der Waals surface area contributed by atoms with E-state index in [0.717, 1.165) is 35.5 Å². The summed E-state index contributed by atoms with van der Waals surface area (Å²) in [5.74, 6) is 1.76. The molecule has 3 aliphatic heterocycles. The first-order chi connectivity index (χ1) is 21.7. The molecule has 0 amide bonds. The molecule has 0 saturated carbocycles. The third kappa shape index (κ3) is 4.55. The SMILES string of the molecule is c1ccc2c(c1)Sc1ccccc1C2(c1ccc2cc(OCC3CO3)ccc2c1)c1ccc2cc(OCC3CO3)ccc2c1. The van der Waals surface area contributed by atoms with Gasteiger partial charge in [-0.15, -0.1) is 0 Å². The highest BCUT2D eigenvalue weighted by atomic mass is 32.2. The first-order valence-electron chi connectivity index (χ1n) is 15.2. The van der Waals surface area contributed by atoms with E-state index in [2.05, 4.69) is 121 Å². The first kappa shape index (κ1) is 26.1. The summed E-state index contributed by atoms with van der Waals surface area (Å²) in [6.45, 7) is 2.78. The maximum atomic E-state index is 6.00. The van der Waals surface area contributed by atoms with Crippen LogP contribution < -0.4 is 9.47 Å². The molecule has 3 aliphatic rings. The van der Waals surface area contributed by atoms with E-state index in [1.54, 1.807) is 0 Å². The molecule has 9 rings (SSSR count). The van der Waals surface area contributed by atoms with Crippen molar-refractivity contribution < 1.29 is 18.9 Å². The van der Waals surface area contributed by atoms with E-state index in [1.807, 2.05) is 11.8 Å². The zero-order valence-corrected chi connectivity index (χ0v) is 24.9. The molecule has 0 aliphatic carbocycles. The van der Waals surface area contributed by atoms with Gasteiger partial charge in [0.2, 0.25) is 0 Å². The molecule has 5 heteroatoms. The molecule has 2 fully saturated rings. The van der Waals surface area contributed by atoms with Crippen molar-refractivity contribution in [3.8, 4) is 11.5 Å². The Labute approximate surface area is 260 Å². The molecule has 2 unspecified atom stereocenters. The second-order valence-corrected chi connectivity index (χ2v) is 12.9. The zero-order chi connectivity index (χ0) is 29.1. The van der Waals surface area contributed by atoms with Crippen molar-refractivity contribution in [1.29, 1.82) is 0 Å². The fourth-order valence-corrected chi connectivity index (χ4v) is 7.78. The Hall–Kier alpha value is -4.29. The van der Waals surface area contributed by atoms with Gasteiger partial charge in [-0.1, -0.05) is 84.6 Å². The number of epoxide rings is 2. The van der Waals surface area contributed by atoms with E-state index in [-0.39, 0.29) is 12.2 Å². The normalized spacial score (nSPS) is 19.3. The molecule has 3 heterocycles. The topological polar surface area (TPSA) is 43.5 Å². The molecule has 6 aromatic rings. The minimum atomic E-state index is -0.502. The average molecular weight is 595 g/mol. The van der Waals surface area contributed by atoms with Crippen molar-refractivity contribution in [2.75, 3.05) is 26.4 Å². The summed E-state index contributed by atoms with van der Waals surface area (Å²) in [7, 11) is 0. The third-order valence-electron chi connectivity index (χ3n) is 8.97. The van der Waals surface area contributed by atoms with Gasteiger partial charge in [0.15, 0.2) is 0 Å². The van der Waals surface area contributed by atoms with Crippen LogP contribution in [0.5, 0.6) is 11.5 Å². The van der Waals surface area contributed by atoms with E-state index < -0.39 is 5.41 Å². The standard InChI is InChI=1S/C39H30O4S/c1-3-7-37-35(5-1)39(36-6-2-4-8-38(36)44-37,29-13-9-27-19-31(15-11-25(27)17-29)40-21-33-23-42-33)30-14-10-28-20-32(16-12-26(28)18-30)41-22-34-24-43-34/h1-20,33-34H,21-24H2. The zero-order valence-electron chi connectivity index (χ0n) is 24.1. The Morgan fingerprint density at radius 1 is 0.545 bits per heavy atom. The van der Waals surface area contributed by atoms with Gasteiger partial charge in [0.25, 0.3) is 0 Å². The Morgan fingerprint density at radius 3 is 1.45 bits per heavy atom. The number of hydrogen-bond donors (Lipinski definition) is 0. The summed E-state index contributed by atoms with van der Waals surface area (Å²) in [6.07, 6.45) is 0.464. The predicted molar refractivity (Wildman–Crippen MR) is 174 cm³/mol. The summed E-state index contributed by atoms with van der Waals surface area (Å²) in [5.41, 5.74) is 4.59. The van der Waals surface area contributed by atoms with E-state index in [9.17, 15) is 0 Å². The number of benzene rings is 6. The first-order valence-corrected chi connectivity index (χ1v) is 16.0. The lowest BCUT2D eigenvalue weighted by molar-refractivity contribution is 0.263. The fourth-order valence-electron chi connectivity index (χ4n) is 6.58. The van der Waals surface area contributed by atoms with Crippen molar-refractivity contribution in [1.82, 2.24) is 0 Å². The van der Waals surface area contributed by atoms with Crippen LogP contribution in [-0.4, -0.2) is 38.6 Å². The van der Waals surface area contributed by atoms with E-state index in [4.69, 9.17) is 18.9 Å². The van der Waals surface area contributed by atoms with Crippen LogP contribution in [0.2, 0.25) is 0 Å². The van der Waals surface area contributed by atoms with Crippen LogP contribution in [-0.2, 0) is 14.9 Å². The van der Waals surface area contributed by atoms with Gasteiger partial charge in [-0.05, 0) is 92.3 Å². The van der Waals surface area contributed by atoms with Gasteiger partial charge in [0.1, 0.15) is 36.9 Å². The second kappa shape index (κ2) is 10.4. The third-order valence-corrected chi connectivity index (χ3v) is 10.1. The predicted octanol–water partition coefficient (Wildman–Crippen LogP) is 8.40. The minimum absolute atomic E-state index is 0.232. The molecule has 0 aromatic heterocycles. The molecule has 2 atom stereocenters. The Balaban J connectivity index is 1.23. The van der Waals surface area contributed by atoms with Gasteiger partial charge < -0.3 is 18.9 Å². The maximum Gasteiger partial charge on any atom is 0.120 e. The van der Waals surface area contributed by atoms with Crippen LogP contribution in [0.1, 0.15) is 22.3 Å². The van der Waals surface area contributed by atoms with Crippen LogP contribution in [0, 0.1) is 0 Å². The highest BCUT2D eigenvalue weighted by molar-refractivity contribution is 7.99. The number of rotatable bonds is 8. The summed E-state index contributed by atoms with van der Waals surface area (Å²) in [5, 5.41) is 4.69. The summed E-state index contributed by atoms with van der Waals surface area (Å²) >= 11 is 1.86. The Kier molecular flexibility index (Phi) is 6.19.